The molecule has 1 aliphatic rings. The largest absolute Gasteiger partial charge is 0.469 e. The summed E-state index contributed by atoms with van der Waals surface area (Å²) in [4.78, 5) is 4.82. The van der Waals surface area contributed by atoms with Gasteiger partial charge in [-0.3, -0.25) is 4.99 Å². The highest BCUT2D eigenvalue weighted by Crippen LogP contribution is 2.24. The van der Waals surface area contributed by atoms with Crippen molar-refractivity contribution in [2.24, 2.45) is 4.99 Å². The number of furan rings is 1. The zero-order valence-electron chi connectivity index (χ0n) is 17.1. The number of nitrogens with zero attached hydrogens (tertiary/aromatic N) is 1. The summed E-state index contributed by atoms with van der Waals surface area (Å²) in [6.45, 7) is 3.65. The summed E-state index contributed by atoms with van der Waals surface area (Å²) in [6, 6.07) is 14.4. The second kappa shape index (κ2) is 12.9. The van der Waals surface area contributed by atoms with Crippen molar-refractivity contribution in [3.63, 3.8) is 0 Å². The maximum atomic E-state index is 5.81. The number of benzene rings is 1. The number of halogens is 1. The molecule has 7 heteroatoms. The summed E-state index contributed by atoms with van der Waals surface area (Å²) in [6.07, 6.45) is 5.21. The fourth-order valence-electron chi connectivity index (χ4n) is 3.30. The number of guanidine groups is 1. The molecule has 0 spiro atoms. The minimum Gasteiger partial charge on any atom is -0.469 e. The molecule has 1 aromatic carbocycles. The first-order valence-electron chi connectivity index (χ1n) is 10.0. The van der Waals surface area contributed by atoms with Crippen molar-refractivity contribution in [3.05, 3.63) is 60.1 Å². The van der Waals surface area contributed by atoms with E-state index in [-0.39, 0.29) is 29.6 Å². The molecule has 6 nitrogen and oxygen atoms in total. The molecule has 29 heavy (non-hydrogen) atoms. The average molecular weight is 513 g/mol. The van der Waals surface area contributed by atoms with Gasteiger partial charge in [0.2, 0.25) is 0 Å². The van der Waals surface area contributed by atoms with Crippen molar-refractivity contribution >= 4 is 29.9 Å². The van der Waals surface area contributed by atoms with Gasteiger partial charge in [-0.15, -0.1) is 24.0 Å². The minimum absolute atomic E-state index is 0. The van der Waals surface area contributed by atoms with Crippen molar-refractivity contribution in [2.75, 3.05) is 40.0 Å². The molecule has 0 aliphatic carbocycles. The van der Waals surface area contributed by atoms with Crippen LogP contribution in [0.25, 0.3) is 0 Å². The normalized spacial score (nSPS) is 16.1. The molecular weight excluding hydrogens is 481 g/mol. The molecule has 0 unspecified atom stereocenters. The Morgan fingerprint density at radius 3 is 2.41 bits per heavy atom. The van der Waals surface area contributed by atoms with E-state index in [1.807, 2.05) is 18.2 Å². The predicted molar refractivity (Wildman–Crippen MR) is 126 cm³/mol. The summed E-state index contributed by atoms with van der Waals surface area (Å²) in [5.41, 5.74) is 1.08. The van der Waals surface area contributed by atoms with Gasteiger partial charge in [-0.05, 0) is 24.1 Å². The Balaban J connectivity index is 0.00000300. The van der Waals surface area contributed by atoms with Gasteiger partial charge in [0.15, 0.2) is 5.96 Å². The van der Waals surface area contributed by atoms with Gasteiger partial charge in [-0.2, -0.15) is 0 Å². The fraction of sp³-hybridized carbons (Fsp3) is 0.500. The third-order valence-corrected chi connectivity index (χ3v) is 5.16. The first kappa shape index (κ1) is 23.7. The SMILES string of the molecule is COC1(CN=C(NCCc2ccccc2)NCCc2ccco2)CCOCC1.I. The molecule has 3 rings (SSSR count). The van der Waals surface area contributed by atoms with Crippen LogP contribution in [0, 0.1) is 0 Å². The smallest absolute Gasteiger partial charge is 0.191 e. The number of hydrogen-bond donors (Lipinski definition) is 2. The zero-order chi connectivity index (χ0) is 19.5. The number of rotatable bonds is 9. The first-order valence-corrected chi connectivity index (χ1v) is 10.0. The molecule has 1 fully saturated rings. The molecule has 160 valence electrons. The van der Waals surface area contributed by atoms with Crippen molar-refractivity contribution in [1.29, 1.82) is 0 Å². The van der Waals surface area contributed by atoms with E-state index in [4.69, 9.17) is 18.9 Å². The summed E-state index contributed by atoms with van der Waals surface area (Å²) in [7, 11) is 1.77. The van der Waals surface area contributed by atoms with Crippen LogP contribution in [-0.2, 0) is 22.3 Å². The van der Waals surface area contributed by atoms with E-state index >= 15 is 0 Å². The van der Waals surface area contributed by atoms with Crippen LogP contribution in [0.1, 0.15) is 24.2 Å². The standard InChI is InChI=1S/C22H31N3O3.HI/c1-26-22(11-16-27-17-12-22)18-25-21(24-14-10-20-8-5-15-28-20)23-13-9-19-6-3-2-4-7-19;/h2-8,15H,9-14,16-18H2,1H3,(H2,23,24,25);1H. The highest BCUT2D eigenvalue weighted by Gasteiger charge is 2.32. The third-order valence-electron chi connectivity index (χ3n) is 5.16. The van der Waals surface area contributed by atoms with Gasteiger partial charge in [0.05, 0.1) is 18.4 Å². The molecule has 1 aliphatic heterocycles. The Kier molecular flexibility index (Phi) is 10.5. The molecule has 2 aromatic rings. The van der Waals surface area contributed by atoms with Crippen molar-refractivity contribution in [2.45, 2.75) is 31.3 Å². The fourth-order valence-corrected chi connectivity index (χ4v) is 3.30. The summed E-state index contributed by atoms with van der Waals surface area (Å²) in [5, 5.41) is 6.87. The predicted octanol–water partition coefficient (Wildman–Crippen LogP) is 3.41. The number of hydrogen-bond acceptors (Lipinski definition) is 4. The maximum Gasteiger partial charge on any atom is 0.191 e. The van der Waals surface area contributed by atoms with E-state index in [1.165, 1.54) is 5.56 Å². The van der Waals surface area contributed by atoms with E-state index in [9.17, 15) is 0 Å². The molecule has 2 heterocycles. The molecule has 0 atom stereocenters. The van der Waals surface area contributed by atoms with E-state index in [2.05, 4.69) is 34.9 Å². The van der Waals surface area contributed by atoms with Gasteiger partial charge in [-0.25, -0.2) is 0 Å². The first-order chi connectivity index (χ1) is 13.8. The highest BCUT2D eigenvalue weighted by atomic mass is 127. The summed E-state index contributed by atoms with van der Waals surface area (Å²) in [5.74, 6) is 1.78. The quantitative estimate of drug-likeness (QED) is 0.306. The van der Waals surface area contributed by atoms with Gasteiger partial charge in [-0.1, -0.05) is 30.3 Å². The molecule has 1 aromatic heterocycles. The second-order valence-electron chi connectivity index (χ2n) is 7.08. The monoisotopic (exact) mass is 513 g/mol. The van der Waals surface area contributed by atoms with Crippen molar-refractivity contribution in [1.82, 2.24) is 10.6 Å². The van der Waals surface area contributed by atoms with Crippen molar-refractivity contribution < 1.29 is 13.9 Å². The topological polar surface area (TPSA) is 68.0 Å². The van der Waals surface area contributed by atoms with Gasteiger partial charge in [0, 0.05) is 52.7 Å². The summed E-state index contributed by atoms with van der Waals surface area (Å²) >= 11 is 0. The molecule has 0 bridgehead atoms. The molecule has 1 saturated heterocycles. The minimum atomic E-state index is -0.229. The Hall–Kier alpha value is -1.58. The van der Waals surface area contributed by atoms with Crippen LogP contribution >= 0.6 is 24.0 Å². The van der Waals surface area contributed by atoms with Crippen LogP contribution in [0.5, 0.6) is 0 Å². The Bertz CT molecular complexity index is 701. The van der Waals surface area contributed by atoms with Crippen LogP contribution in [-0.4, -0.2) is 51.5 Å². The molecule has 0 amide bonds. The maximum absolute atomic E-state index is 5.81. The molecular formula is C22H32IN3O3. The van der Waals surface area contributed by atoms with Gasteiger partial charge < -0.3 is 24.5 Å². The van der Waals surface area contributed by atoms with Crippen molar-refractivity contribution in [3.8, 4) is 0 Å². The van der Waals surface area contributed by atoms with Gasteiger partial charge >= 0.3 is 0 Å². The Morgan fingerprint density at radius 1 is 1.03 bits per heavy atom. The molecule has 0 saturated carbocycles. The second-order valence-corrected chi connectivity index (χ2v) is 7.08. The lowest BCUT2D eigenvalue weighted by molar-refractivity contribution is -0.0828. The Morgan fingerprint density at radius 2 is 1.76 bits per heavy atom. The lowest BCUT2D eigenvalue weighted by Gasteiger charge is -2.34. The van der Waals surface area contributed by atoms with Crippen LogP contribution in [0.15, 0.2) is 58.1 Å². The van der Waals surface area contributed by atoms with E-state index in [0.717, 1.165) is 63.7 Å². The lowest BCUT2D eigenvalue weighted by atomic mass is 9.94. The Labute approximate surface area is 190 Å². The van der Waals surface area contributed by atoms with Gasteiger partial charge in [0.1, 0.15) is 5.76 Å². The van der Waals surface area contributed by atoms with Crippen LogP contribution in [0.4, 0.5) is 0 Å². The number of aliphatic imine (C=N–C) groups is 1. The number of nitrogens with one attached hydrogen (secondary N) is 2. The lowest BCUT2D eigenvalue weighted by Crippen LogP contribution is -2.44. The zero-order valence-corrected chi connectivity index (χ0v) is 19.4. The third kappa shape index (κ3) is 7.98. The molecule has 2 N–H and O–H groups in total. The highest BCUT2D eigenvalue weighted by molar-refractivity contribution is 14.0. The number of methoxy groups -OCH3 is 1. The van der Waals surface area contributed by atoms with Gasteiger partial charge in [0.25, 0.3) is 0 Å². The summed E-state index contributed by atoms with van der Waals surface area (Å²) < 4.78 is 16.7. The molecule has 0 radical (unpaired) electrons. The average Bonchev–Trinajstić information content (AvgIpc) is 3.26. The van der Waals surface area contributed by atoms with E-state index in [0.29, 0.717) is 6.54 Å². The number of ether oxygens (including phenoxy) is 2. The van der Waals surface area contributed by atoms with E-state index < -0.39 is 0 Å². The van der Waals surface area contributed by atoms with E-state index in [1.54, 1.807) is 13.4 Å². The van der Waals surface area contributed by atoms with Crippen LogP contribution in [0.2, 0.25) is 0 Å². The van der Waals surface area contributed by atoms with Crippen LogP contribution in [0.3, 0.4) is 0 Å². The van der Waals surface area contributed by atoms with Crippen LogP contribution < -0.4 is 10.6 Å².